The number of benzene rings is 1. The highest BCUT2D eigenvalue weighted by Crippen LogP contribution is 2.28. The molecule has 1 aromatic rings. The monoisotopic (exact) mass is 360 g/mol. The van der Waals surface area contributed by atoms with Gasteiger partial charge in [0.2, 0.25) is 0 Å². The highest BCUT2D eigenvalue weighted by molar-refractivity contribution is 7.91. The molecule has 2 rings (SSSR count). The maximum absolute atomic E-state index is 12.8. The van der Waals surface area contributed by atoms with Crippen LogP contribution in [0.5, 0.6) is 0 Å². The third-order valence-electron chi connectivity index (χ3n) is 4.53. The van der Waals surface area contributed by atoms with E-state index in [2.05, 4.69) is 0 Å². The van der Waals surface area contributed by atoms with Crippen molar-refractivity contribution in [3.63, 3.8) is 0 Å². The van der Waals surface area contributed by atoms with Crippen molar-refractivity contribution in [3.05, 3.63) is 29.3 Å². The van der Waals surface area contributed by atoms with E-state index in [0.717, 1.165) is 24.8 Å². The number of anilines is 1. The summed E-state index contributed by atoms with van der Waals surface area (Å²) in [4.78, 5) is 14.4. The first-order chi connectivity index (χ1) is 10.2. The van der Waals surface area contributed by atoms with Crippen LogP contribution in [0.3, 0.4) is 0 Å². The first-order valence-corrected chi connectivity index (χ1v) is 9.49. The summed E-state index contributed by atoms with van der Waals surface area (Å²) in [7, 11) is -1.48. The predicted molar refractivity (Wildman–Crippen MR) is 95.8 cm³/mol. The molecule has 0 bridgehead atoms. The third-order valence-corrected chi connectivity index (χ3v) is 6.18. The van der Waals surface area contributed by atoms with Gasteiger partial charge in [-0.15, -0.1) is 12.4 Å². The smallest absolute Gasteiger partial charge is 0.254 e. The lowest BCUT2D eigenvalue weighted by Gasteiger charge is -2.37. The van der Waals surface area contributed by atoms with Crippen molar-refractivity contribution in [2.45, 2.75) is 43.9 Å². The van der Waals surface area contributed by atoms with E-state index in [1.165, 1.54) is 6.26 Å². The van der Waals surface area contributed by atoms with Crippen LogP contribution in [0.15, 0.2) is 18.2 Å². The number of aryl methyl sites for hydroxylation is 1. The minimum absolute atomic E-state index is 0. The van der Waals surface area contributed by atoms with E-state index in [1.807, 2.05) is 13.0 Å². The number of carbonyl (C=O) groups excluding carboxylic acids is 1. The summed E-state index contributed by atoms with van der Waals surface area (Å²) in [5, 5.41) is -0.475. The fourth-order valence-electron chi connectivity index (χ4n) is 3.23. The number of nitrogens with zero attached hydrogens (tertiary/aromatic N) is 1. The first-order valence-electron chi connectivity index (χ1n) is 7.54. The minimum Gasteiger partial charge on any atom is -0.399 e. The molecule has 1 aliphatic rings. The van der Waals surface area contributed by atoms with Gasteiger partial charge in [-0.2, -0.15) is 0 Å². The zero-order valence-electron chi connectivity index (χ0n) is 13.8. The molecule has 0 spiro atoms. The molecule has 0 radical (unpaired) electrons. The Labute approximate surface area is 144 Å². The highest BCUT2D eigenvalue weighted by Gasteiger charge is 2.37. The molecule has 23 heavy (non-hydrogen) atoms. The average molecular weight is 361 g/mol. The Hall–Kier alpha value is -1.27. The number of sulfone groups is 1. The fourth-order valence-corrected chi connectivity index (χ4v) is 4.71. The van der Waals surface area contributed by atoms with Gasteiger partial charge >= 0.3 is 0 Å². The number of halogens is 1. The van der Waals surface area contributed by atoms with Crippen molar-refractivity contribution in [1.29, 1.82) is 0 Å². The van der Waals surface area contributed by atoms with Gasteiger partial charge in [0.15, 0.2) is 9.84 Å². The second-order valence-electron chi connectivity index (χ2n) is 6.21. The number of nitrogens with two attached hydrogens (primary N) is 1. The van der Waals surface area contributed by atoms with Crippen molar-refractivity contribution in [3.8, 4) is 0 Å². The maximum atomic E-state index is 12.8. The van der Waals surface area contributed by atoms with Crippen molar-refractivity contribution in [2.24, 2.45) is 0 Å². The number of hydrogen-bond donors (Lipinski definition) is 1. The molecular formula is C16H25ClN2O3S. The fraction of sp³-hybridized carbons (Fsp3) is 0.562. The number of nitrogen functional groups attached to an aromatic ring is 1. The Balaban J connectivity index is 0.00000264. The molecule has 2 N–H and O–H groups in total. The molecule has 0 heterocycles. The Bertz CT molecular complexity index is 676. The van der Waals surface area contributed by atoms with Gasteiger partial charge in [0, 0.05) is 30.6 Å². The molecule has 1 aromatic carbocycles. The second kappa shape index (κ2) is 7.53. The lowest BCUT2D eigenvalue weighted by atomic mass is 9.93. The molecule has 7 heteroatoms. The summed E-state index contributed by atoms with van der Waals surface area (Å²) in [6, 6.07) is 4.96. The standard InChI is InChI=1S/C16H24N2O3S.ClH/c1-11-8-9-12(17)10-13(11)16(19)18(2)14-6-4-5-7-15(14)22(3,20)21;/h8-10,14-15H,4-7,17H2,1-3H3;1H. The number of hydrogen-bond acceptors (Lipinski definition) is 4. The molecule has 1 saturated carbocycles. The van der Waals surface area contributed by atoms with E-state index >= 15 is 0 Å². The highest BCUT2D eigenvalue weighted by atomic mass is 35.5. The zero-order valence-corrected chi connectivity index (χ0v) is 15.4. The van der Waals surface area contributed by atoms with Crippen LogP contribution in [0.2, 0.25) is 0 Å². The van der Waals surface area contributed by atoms with E-state index < -0.39 is 15.1 Å². The molecule has 1 fully saturated rings. The van der Waals surface area contributed by atoms with E-state index in [9.17, 15) is 13.2 Å². The van der Waals surface area contributed by atoms with Crippen LogP contribution in [0.4, 0.5) is 5.69 Å². The van der Waals surface area contributed by atoms with E-state index in [-0.39, 0.29) is 24.4 Å². The topological polar surface area (TPSA) is 80.5 Å². The van der Waals surface area contributed by atoms with Gasteiger partial charge in [0.05, 0.1) is 5.25 Å². The van der Waals surface area contributed by atoms with Crippen LogP contribution in [0.1, 0.15) is 41.6 Å². The van der Waals surface area contributed by atoms with Crippen LogP contribution in [-0.2, 0) is 9.84 Å². The predicted octanol–water partition coefficient (Wildman–Crippen LogP) is 2.43. The summed E-state index contributed by atoms with van der Waals surface area (Å²) in [5.41, 5.74) is 7.69. The van der Waals surface area contributed by atoms with Crippen molar-refractivity contribution < 1.29 is 13.2 Å². The lowest BCUT2D eigenvalue weighted by Crippen LogP contribution is -2.49. The summed E-state index contributed by atoms with van der Waals surface area (Å²) < 4.78 is 24.0. The summed E-state index contributed by atoms with van der Waals surface area (Å²) in [5.74, 6) is -0.162. The second-order valence-corrected chi connectivity index (χ2v) is 8.47. The number of amides is 1. The van der Waals surface area contributed by atoms with Gasteiger partial charge in [-0.25, -0.2) is 8.42 Å². The summed E-state index contributed by atoms with van der Waals surface area (Å²) in [6.45, 7) is 1.86. The van der Waals surface area contributed by atoms with E-state index in [1.54, 1.807) is 24.1 Å². The van der Waals surface area contributed by atoms with Crippen LogP contribution in [0, 0.1) is 6.92 Å². The largest absolute Gasteiger partial charge is 0.399 e. The maximum Gasteiger partial charge on any atom is 0.254 e. The molecule has 0 saturated heterocycles. The van der Waals surface area contributed by atoms with Gasteiger partial charge in [-0.05, 0) is 37.5 Å². The lowest BCUT2D eigenvalue weighted by molar-refractivity contribution is 0.0699. The number of carbonyl (C=O) groups is 1. The van der Waals surface area contributed by atoms with Gasteiger partial charge in [0.1, 0.15) is 0 Å². The first kappa shape index (κ1) is 19.8. The third kappa shape index (κ3) is 4.38. The van der Waals surface area contributed by atoms with Crippen LogP contribution in [0.25, 0.3) is 0 Å². The normalized spacial score (nSPS) is 21.3. The van der Waals surface area contributed by atoms with Crippen LogP contribution in [-0.4, -0.2) is 43.8 Å². The molecule has 130 valence electrons. The summed E-state index contributed by atoms with van der Waals surface area (Å²) in [6.07, 6.45) is 4.45. The SMILES string of the molecule is Cc1ccc(N)cc1C(=O)N(C)C1CCCCC1S(C)(=O)=O.Cl. The van der Waals surface area contributed by atoms with Crippen LogP contribution >= 0.6 is 12.4 Å². The quantitative estimate of drug-likeness (QED) is 0.839. The summed E-state index contributed by atoms with van der Waals surface area (Å²) >= 11 is 0. The van der Waals surface area contributed by atoms with Crippen molar-refractivity contribution in [1.82, 2.24) is 4.90 Å². The molecule has 2 unspecified atom stereocenters. The molecule has 0 aliphatic heterocycles. The molecule has 0 aromatic heterocycles. The van der Waals surface area contributed by atoms with Crippen molar-refractivity contribution >= 4 is 33.8 Å². The van der Waals surface area contributed by atoms with E-state index in [4.69, 9.17) is 5.73 Å². The van der Waals surface area contributed by atoms with Crippen LogP contribution < -0.4 is 5.73 Å². The van der Waals surface area contributed by atoms with Crippen molar-refractivity contribution in [2.75, 3.05) is 19.0 Å². The van der Waals surface area contributed by atoms with Gasteiger partial charge in [-0.3, -0.25) is 4.79 Å². The number of rotatable bonds is 3. The molecular weight excluding hydrogens is 336 g/mol. The van der Waals surface area contributed by atoms with Gasteiger partial charge in [-0.1, -0.05) is 18.9 Å². The average Bonchev–Trinajstić information content (AvgIpc) is 2.47. The Morgan fingerprint density at radius 3 is 2.48 bits per heavy atom. The Morgan fingerprint density at radius 1 is 1.26 bits per heavy atom. The zero-order chi connectivity index (χ0) is 16.5. The Kier molecular flexibility index (Phi) is 6.48. The van der Waals surface area contributed by atoms with E-state index in [0.29, 0.717) is 17.7 Å². The van der Waals surface area contributed by atoms with Gasteiger partial charge < -0.3 is 10.6 Å². The molecule has 2 atom stereocenters. The minimum atomic E-state index is -3.17. The van der Waals surface area contributed by atoms with Gasteiger partial charge in [0.25, 0.3) is 5.91 Å². The molecule has 5 nitrogen and oxygen atoms in total. The molecule has 1 aliphatic carbocycles. The Morgan fingerprint density at radius 2 is 1.87 bits per heavy atom. The molecule has 1 amide bonds.